The quantitative estimate of drug-likeness (QED) is 0.849. The number of hydrogen-bond acceptors (Lipinski definition) is 6. The SMILES string of the molecule is Cc1cc(C(=O)NCc2ccccc2)nc(N(C)C2CCS(=O)(=O)C2)n1. The van der Waals surface area contributed by atoms with Gasteiger partial charge < -0.3 is 10.2 Å². The molecule has 3 rings (SSSR count). The van der Waals surface area contributed by atoms with Crippen LogP contribution in [-0.4, -0.2) is 48.9 Å². The van der Waals surface area contributed by atoms with E-state index in [0.29, 0.717) is 24.6 Å². The highest BCUT2D eigenvalue weighted by Gasteiger charge is 2.32. The Morgan fingerprint density at radius 1 is 1.27 bits per heavy atom. The van der Waals surface area contributed by atoms with Crippen molar-refractivity contribution in [2.75, 3.05) is 23.5 Å². The summed E-state index contributed by atoms with van der Waals surface area (Å²) in [6, 6.07) is 11.1. The van der Waals surface area contributed by atoms with E-state index in [4.69, 9.17) is 0 Å². The van der Waals surface area contributed by atoms with Gasteiger partial charge in [0.2, 0.25) is 5.95 Å². The number of amides is 1. The van der Waals surface area contributed by atoms with Gasteiger partial charge in [-0.25, -0.2) is 18.4 Å². The lowest BCUT2D eigenvalue weighted by Crippen LogP contribution is -2.34. The summed E-state index contributed by atoms with van der Waals surface area (Å²) in [6.45, 7) is 2.20. The topological polar surface area (TPSA) is 92.3 Å². The molecule has 8 heteroatoms. The Balaban J connectivity index is 1.73. The van der Waals surface area contributed by atoms with Gasteiger partial charge in [0.1, 0.15) is 5.69 Å². The minimum Gasteiger partial charge on any atom is -0.347 e. The zero-order valence-corrected chi connectivity index (χ0v) is 15.7. The van der Waals surface area contributed by atoms with Crippen molar-refractivity contribution < 1.29 is 13.2 Å². The molecule has 138 valence electrons. The van der Waals surface area contributed by atoms with Gasteiger partial charge in [0, 0.05) is 25.3 Å². The normalized spacial score (nSPS) is 18.5. The number of carbonyl (C=O) groups is 1. The number of nitrogens with zero attached hydrogens (tertiary/aromatic N) is 3. The summed E-state index contributed by atoms with van der Waals surface area (Å²) in [5.41, 5.74) is 1.93. The van der Waals surface area contributed by atoms with Crippen molar-refractivity contribution in [1.82, 2.24) is 15.3 Å². The Morgan fingerprint density at radius 2 is 2.00 bits per heavy atom. The molecule has 0 bridgehead atoms. The second kappa shape index (κ2) is 7.41. The van der Waals surface area contributed by atoms with Crippen molar-refractivity contribution in [2.24, 2.45) is 0 Å². The van der Waals surface area contributed by atoms with E-state index >= 15 is 0 Å². The van der Waals surface area contributed by atoms with Crippen LogP contribution in [0, 0.1) is 6.92 Å². The summed E-state index contributed by atoms with van der Waals surface area (Å²) in [5.74, 6) is 0.360. The van der Waals surface area contributed by atoms with Crippen LogP contribution < -0.4 is 10.2 Å². The highest BCUT2D eigenvalue weighted by Crippen LogP contribution is 2.20. The largest absolute Gasteiger partial charge is 0.347 e. The van der Waals surface area contributed by atoms with E-state index in [-0.39, 0.29) is 29.1 Å². The van der Waals surface area contributed by atoms with Gasteiger partial charge in [-0.2, -0.15) is 0 Å². The number of carbonyl (C=O) groups excluding carboxylic acids is 1. The molecule has 1 atom stereocenters. The third-order valence-corrected chi connectivity index (χ3v) is 6.19. The number of sulfone groups is 1. The van der Waals surface area contributed by atoms with Crippen LogP contribution in [0.4, 0.5) is 5.95 Å². The first-order valence-electron chi connectivity index (χ1n) is 8.45. The predicted molar refractivity (Wildman–Crippen MR) is 99.8 cm³/mol. The molecule has 1 aliphatic rings. The molecule has 26 heavy (non-hydrogen) atoms. The summed E-state index contributed by atoms with van der Waals surface area (Å²) >= 11 is 0. The highest BCUT2D eigenvalue weighted by atomic mass is 32.2. The van der Waals surface area contributed by atoms with Crippen LogP contribution in [0.3, 0.4) is 0 Å². The summed E-state index contributed by atoms with van der Waals surface area (Å²) < 4.78 is 23.4. The molecule has 0 saturated carbocycles. The van der Waals surface area contributed by atoms with Gasteiger partial charge in [0.15, 0.2) is 9.84 Å². The number of aromatic nitrogens is 2. The smallest absolute Gasteiger partial charge is 0.270 e. The molecular formula is C18H22N4O3S. The number of aryl methyl sites for hydroxylation is 1. The average Bonchev–Trinajstić information content (AvgIpc) is 2.99. The van der Waals surface area contributed by atoms with Gasteiger partial charge in [-0.05, 0) is 25.0 Å². The molecule has 7 nitrogen and oxygen atoms in total. The Hall–Kier alpha value is -2.48. The molecule has 2 heterocycles. The maximum absolute atomic E-state index is 12.5. The van der Waals surface area contributed by atoms with E-state index in [9.17, 15) is 13.2 Å². The van der Waals surface area contributed by atoms with Crippen LogP contribution >= 0.6 is 0 Å². The van der Waals surface area contributed by atoms with Crippen molar-refractivity contribution in [3.63, 3.8) is 0 Å². The maximum Gasteiger partial charge on any atom is 0.270 e. The van der Waals surface area contributed by atoms with Crippen LogP contribution in [0.1, 0.15) is 28.2 Å². The third kappa shape index (κ3) is 4.37. The molecule has 0 aliphatic carbocycles. The minimum atomic E-state index is -3.00. The number of benzene rings is 1. The molecule has 0 radical (unpaired) electrons. The highest BCUT2D eigenvalue weighted by molar-refractivity contribution is 7.91. The van der Waals surface area contributed by atoms with Gasteiger partial charge in [0.05, 0.1) is 11.5 Å². The van der Waals surface area contributed by atoms with Gasteiger partial charge in [-0.15, -0.1) is 0 Å². The van der Waals surface area contributed by atoms with Crippen molar-refractivity contribution in [3.05, 3.63) is 53.3 Å². The first kappa shape index (κ1) is 18.3. The Labute approximate surface area is 153 Å². The van der Waals surface area contributed by atoms with Gasteiger partial charge in [-0.3, -0.25) is 4.79 Å². The first-order valence-corrected chi connectivity index (χ1v) is 10.3. The molecule has 1 saturated heterocycles. The average molecular weight is 374 g/mol. The van der Waals surface area contributed by atoms with E-state index in [1.807, 2.05) is 30.3 Å². The minimum absolute atomic E-state index is 0.0936. The third-order valence-electron chi connectivity index (χ3n) is 4.44. The Morgan fingerprint density at radius 3 is 2.65 bits per heavy atom. The fraction of sp³-hybridized carbons (Fsp3) is 0.389. The molecule has 1 unspecified atom stereocenters. The fourth-order valence-electron chi connectivity index (χ4n) is 2.94. The monoisotopic (exact) mass is 374 g/mol. The van der Waals surface area contributed by atoms with E-state index in [0.717, 1.165) is 5.56 Å². The lowest BCUT2D eigenvalue weighted by Gasteiger charge is -2.23. The molecular weight excluding hydrogens is 352 g/mol. The number of nitrogens with one attached hydrogen (secondary N) is 1. The van der Waals surface area contributed by atoms with Crippen LogP contribution in [0.2, 0.25) is 0 Å². The molecule has 1 aliphatic heterocycles. The van der Waals surface area contributed by atoms with Crippen molar-refractivity contribution in [3.8, 4) is 0 Å². The zero-order chi connectivity index (χ0) is 18.7. The second-order valence-corrected chi connectivity index (χ2v) is 8.76. The standard InChI is InChI=1S/C18H22N4O3S/c1-13-10-16(17(23)19-11-14-6-4-3-5-7-14)21-18(20-13)22(2)15-8-9-26(24,25)12-15/h3-7,10,15H,8-9,11-12H2,1-2H3,(H,19,23). The van der Waals surface area contributed by atoms with Gasteiger partial charge in [-0.1, -0.05) is 30.3 Å². The van der Waals surface area contributed by atoms with E-state index in [1.165, 1.54) is 0 Å². The van der Waals surface area contributed by atoms with E-state index < -0.39 is 9.84 Å². The van der Waals surface area contributed by atoms with Crippen LogP contribution in [-0.2, 0) is 16.4 Å². The number of hydrogen-bond donors (Lipinski definition) is 1. The fourth-order valence-corrected chi connectivity index (χ4v) is 4.71. The van der Waals surface area contributed by atoms with E-state index in [1.54, 1.807) is 24.9 Å². The molecule has 0 spiro atoms. The lowest BCUT2D eigenvalue weighted by atomic mass is 10.2. The Bertz CT molecular complexity index is 900. The summed E-state index contributed by atoms with van der Waals surface area (Å²) in [6.07, 6.45) is 0.547. The molecule has 1 N–H and O–H groups in total. The predicted octanol–water partition coefficient (Wildman–Crippen LogP) is 1.34. The maximum atomic E-state index is 12.5. The second-order valence-electron chi connectivity index (χ2n) is 6.53. The summed E-state index contributed by atoms with van der Waals surface area (Å²) in [7, 11) is -1.23. The molecule has 1 fully saturated rings. The Kier molecular flexibility index (Phi) is 5.22. The number of rotatable bonds is 5. The molecule has 1 aromatic heterocycles. The zero-order valence-electron chi connectivity index (χ0n) is 14.8. The van der Waals surface area contributed by atoms with Crippen LogP contribution in [0.25, 0.3) is 0 Å². The van der Waals surface area contributed by atoms with Gasteiger partial charge >= 0.3 is 0 Å². The summed E-state index contributed by atoms with van der Waals surface area (Å²) in [5, 5.41) is 2.85. The lowest BCUT2D eigenvalue weighted by molar-refractivity contribution is 0.0945. The van der Waals surface area contributed by atoms with Crippen molar-refractivity contribution in [1.29, 1.82) is 0 Å². The first-order chi connectivity index (χ1) is 12.3. The van der Waals surface area contributed by atoms with Crippen LogP contribution in [0.15, 0.2) is 36.4 Å². The van der Waals surface area contributed by atoms with Crippen LogP contribution in [0.5, 0.6) is 0 Å². The molecule has 1 aromatic carbocycles. The summed E-state index contributed by atoms with van der Waals surface area (Å²) in [4.78, 5) is 22.9. The van der Waals surface area contributed by atoms with Gasteiger partial charge in [0.25, 0.3) is 5.91 Å². The molecule has 2 aromatic rings. The van der Waals surface area contributed by atoms with Crippen molar-refractivity contribution in [2.45, 2.75) is 25.9 Å². The van der Waals surface area contributed by atoms with E-state index in [2.05, 4.69) is 15.3 Å². The van der Waals surface area contributed by atoms with Crippen molar-refractivity contribution >= 4 is 21.7 Å². The number of anilines is 1. The molecule has 1 amide bonds.